The van der Waals surface area contributed by atoms with E-state index in [0.29, 0.717) is 5.75 Å². The van der Waals surface area contributed by atoms with E-state index in [4.69, 9.17) is 10.8 Å². The zero-order valence-corrected chi connectivity index (χ0v) is 8.42. The van der Waals surface area contributed by atoms with Crippen LogP contribution in [0, 0.1) is 0 Å². The van der Waals surface area contributed by atoms with Crippen LogP contribution >= 0.6 is 11.8 Å². The second-order valence-electron chi connectivity index (χ2n) is 2.78. The maximum absolute atomic E-state index is 8.61. The van der Waals surface area contributed by atoms with Gasteiger partial charge in [0.2, 0.25) is 0 Å². The van der Waals surface area contributed by atoms with Crippen molar-refractivity contribution in [3.05, 3.63) is 24.0 Å². The summed E-state index contributed by atoms with van der Waals surface area (Å²) in [6.07, 6.45) is 1.79. The van der Waals surface area contributed by atoms with Gasteiger partial charge in [0.25, 0.3) is 0 Å². The predicted molar refractivity (Wildman–Crippen MR) is 54.6 cm³/mol. The summed E-state index contributed by atoms with van der Waals surface area (Å²) >= 11 is 1.59. The molecule has 0 amide bonds. The lowest BCUT2D eigenvalue weighted by molar-refractivity contribution is 0.322. The molecule has 13 heavy (non-hydrogen) atoms. The first-order valence-corrected chi connectivity index (χ1v) is 5.18. The first kappa shape index (κ1) is 10.5. The summed E-state index contributed by atoms with van der Waals surface area (Å²) in [7, 11) is 0. The Labute approximate surface area is 82.4 Å². The first-order valence-electron chi connectivity index (χ1n) is 4.19. The zero-order valence-electron chi connectivity index (χ0n) is 7.60. The molecule has 0 fully saturated rings. The van der Waals surface area contributed by atoms with Crippen LogP contribution in [0.25, 0.3) is 0 Å². The van der Waals surface area contributed by atoms with E-state index in [0.717, 1.165) is 10.6 Å². The summed E-state index contributed by atoms with van der Waals surface area (Å²) in [5.41, 5.74) is 6.55. The van der Waals surface area contributed by atoms with Crippen LogP contribution in [0.5, 0.6) is 0 Å². The normalized spacial score (nSPS) is 12.8. The molecule has 1 aromatic rings. The number of rotatable bonds is 4. The summed E-state index contributed by atoms with van der Waals surface area (Å²) in [6, 6.07) is 3.88. The SMILES string of the molecule is C[C@H](N)c1ccc(SCCO)cn1. The van der Waals surface area contributed by atoms with Crippen molar-refractivity contribution in [2.24, 2.45) is 5.73 Å². The Morgan fingerprint density at radius 1 is 1.62 bits per heavy atom. The molecule has 3 N–H and O–H groups in total. The third-order valence-corrected chi connectivity index (χ3v) is 2.55. The van der Waals surface area contributed by atoms with Gasteiger partial charge in [-0.2, -0.15) is 0 Å². The smallest absolute Gasteiger partial charge is 0.0569 e. The third-order valence-electron chi connectivity index (χ3n) is 1.59. The lowest BCUT2D eigenvalue weighted by Gasteiger charge is -2.04. The fourth-order valence-corrected chi connectivity index (χ4v) is 1.53. The van der Waals surface area contributed by atoms with Gasteiger partial charge in [0.15, 0.2) is 0 Å². The van der Waals surface area contributed by atoms with Crippen molar-refractivity contribution in [2.75, 3.05) is 12.4 Å². The van der Waals surface area contributed by atoms with Gasteiger partial charge in [0.1, 0.15) is 0 Å². The molecule has 0 aromatic carbocycles. The number of aliphatic hydroxyl groups excluding tert-OH is 1. The number of thioether (sulfide) groups is 1. The number of pyridine rings is 1. The molecule has 0 spiro atoms. The molecule has 0 saturated heterocycles. The molecular formula is C9H14N2OS. The first-order chi connectivity index (χ1) is 6.24. The molecule has 0 unspecified atom stereocenters. The highest BCUT2D eigenvalue weighted by molar-refractivity contribution is 7.99. The van der Waals surface area contributed by atoms with Crippen molar-refractivity contribution in [3.63, 3.8) is 0 Å². The Bertz CT molecular complexity index is 248. The van der Waals surface area contributed by atoms with Gasteiger partial charge >= 0.3 is 0 Å². The van der Waals surface area contributed by atoms with E-state index in [1.807, 2.05) is 19.1 Å². The summed E-state index contributed by atoms with van der Waals surface area (Å²) in [5.74, 6) is 0.708. The van der Waals surface area contributed by atoms with Gasteiger partial charge in [-0.25, -0.2) is 0 Å². The van der Waals surface area contributed by atoms with Crippen molar-refractivity contribution in [1.29, 1.82) is 0 Å². The Morgan fingerprint density at radius 3 is 2.85 bits per heavy atom. The molecule has 1 rings (SSSR count). The molecule has 0 radical (unpaired) electrons. The van der Waals surface area contributed by atoms with Crippen molar-refractivity contribution >= 4 is 11.8 Å². The second-order valence-corrected chi connectivity index (χ2v) is 3.95. The average molecular weight is 198 g/mol. The summed E-state index contributed by atoms with van der Waals surface area (Å²) in [6.45, 7) is 2.10. The minimum absolute atomic E-state index is 0.0168. The Hall–Kier alpha value is -0.580. The number of aromatic nitrogens is 1. The summed E-state index contributed by atoms with van der Waals surface area (Å²) in [5, 5.41) is 8.61. The van der Waals surface area contributed by atoms with Crippen LogP contribution in [0.4, 0.5) is 0 Å². The molecule has 0 aliphatic heterocycles. The van der Waals surface area contributed by atoms with Gasteiger partial charge in [0.05, 0.1) is 12.3 Å². The average Bonchev–Trinajstić information content (AvgIpc) is 2.15. The second kappa shape index (κ2) is 5.21. The minimum Gasteiger partial charge on any atom is -0.396 e. The molecule has 0 aliphatic rings. The van der Waals surface area contributed by atoms with Crippen LogP contribution in [0.2, 0.25) is 0 Å². The lowest BCUT2D eigenvalue weighted by Crippen LogP contribution is -2.06. The van der Waals surface area contributed by atoms with E-state index in [2.05, 4.69) is 4.98 Å². The fourth-order valence-electron chi connectivity index (χ4n) is 0.910. The number of hydrogen-bond acceptors (Lipinski definition) is 4. The van der Waals surface area contributed by atoms with Crippen LogP contribution in [-0.4, -0.2) is 22.5 Å². The van der Waals surface area contributed by atoms with E-state index in [-0.39, 0.29) is 12.6 Å². The van der Waals surface area contributed by atoms with Crippen molar-refractivity contribution in [3.8, 4) is 0 Å². The van der Waals surface area contributed by atoms with Crippen LogP contribution in [0.1, 0.15) is 18.7 Å². The van der Waals surface area contributed by atoms with E-state index < -0.39 is 0 Å². The van der Waals surface area contributed by atoms with Crippen molar-refractivity contribution < 1.29 is 5.11 Å². The highest BCUT2D eigenvalue weighted by Crippen LogP contribution is 2.17. The largest absolute Gasteiger partial charge is 0.396 e. The third kappa shape index (κ3) is 3.34. The van der Waals surface area contributed by atoms with Gasteiger partial charge in [0, 0.05) is 22.9 Å². The van der Waals surface area contributed by atoms with E-state index in [1.165, 1.54) is 0 Å². The summed E-state index contributed by atoms with van der Waals surface area (Å²) in [4.78, 5) is 5.27. The molecule has 0 bridgehead atoms. The van der Waals surface area contributed by atoms with E-state index in [9.17, 15) is 0 Å². The molecular weight excluding hydrogens is 184 g/mol. The van der Waals surface area contributed by atoms with E-state index in [1.54, 1.807) is 18.0 Å². The molecule has 0 saturated carbocycles. The summed E-state index contributed by atoms with van der Waals surface area (Å²) < 4.78 is 0. The Balaban J connectivity index is 2.59. The Kier molecular flexibility index (Phi) is 4.21. The van der Waals surface area contributed by atoms with Crippen LogP contribution < -0.4 is 5.73 Å². The number of nitrogens with zero attached hydrogens (tertiary/aromatic N) is 1. The number of nitrogens with two attached hydrogens (primary N) is 1. The molecule has 4 heteroatoms. The van der Waals surface area contributed by atoms with E-state index >= 15 is 0 Å². The fraction of sp³-hybridized carbons (Fsp3) is 0.444. The monoisotopic (exact) mass is 198 g/mol. The van der Waals surface area contributed by atoms with Gasteiger partial charge in [-0.05, 0) is 19.1 Å². The maximum atomic E-state index is 8.61. The number of hydrogen-bond donors (Lipinski definition) is 2. The Morgan fingerprint density at radius 2 is 2.38 bits per heavy atom. The van der Waals surface area contributed by atoms with Gasteiger partial charge < -0.3 is 10.8 Å². The zero-order chi connectivity index (χ0) is 9.68. The molecule has 72 valence electrons. The molecule has 1 atom stereocenters. The molecule has 0 aliphatic carbocycles. The topological polar surface area (TPSA) is 59.1 Å². The van der Waals surface area contributed by atoms with Gasteiger partial charge in [-0.15, -0.1) is 11.8 Å². The predicted octanol–water partition coefficient (Wildman–Crippen LogP) is 1.19. The highest BCUT2D eigenvalue weighted by atomic mass is 32.2. The standard InChI is InChI=1S/C9H14N2OS/c1-7(10)9-3-2-8(6-11-9)13-5-4-12/h2-3,6-7,12H,4-5,10H2,1H3/t7-/m0/s1. The van der Waals surface area contributed by atoms with Crippen molar-refractivity contribution in [1.82, 2.24) is 4.98 Å². The van der Waals surface area contributed by atoms with Crippen LogP contribution in [0.3, 0.4) is 0 Å². The highest BCUT2D eigenvalue weighted by Gasteiger charge is 2.00. The van der Waals surface area contributed by atoms with Gasteiger partial charge in [-0.1, -0.05) is 0 Å². The molecule has 1 aromatic heterocycles. The van der Waals surface area contributed by atoms with Crippen LogP contribution in [-0.2, 0) is 0 Å². The minimum atomic E-state index is -0.0168. The van der Waals surface area contributed by atoms with Crippen LogP contribution in [0.15, 0.2) is 23.2 Å². The lowest BCUT2D eigenvalue weighted by atomic mass is 10.2. The van der Waals surface area contributed by atoms with Crippen molar-refractivity contribution in [2.45, 2.75) is 17.9 Å². The molecule has 1 heterocycles. The quantitative estimate of drug-likeness (QED) is 0.713. The maximum Gasteiger partial charge on any atom is 0.0569 e. The van der Waals surface area contributed by atoms with Gasteiger partial charge in [-0.3, -0.25) is 4.98 Å². The number of aliphatic hydroxyl groups is 1. The molecule has 3 nitrogen and oxygen atoms in total.